The zero-order valence-corrected chi connectivity index (χ0v) is 11.1. The van der Waals surface area contributed by atoms with Crippen molar-refractivity contribution in [2.24, 2.45) is 0 Å². The van der Waals surface area contributed by atoms with Gasteiger partial charge in [-0.15, -0.1) is 11.3 Å². The van der Waals surface area contributed by atoms with Gasteiger partial charge >= 0.3 is 0 Å². The topological polar surface area (TPSA) is 53.6 Å². The van der Waals surface area contributed by atoms with E-state index in [0.717, 1.165) is 39.8 Å². The molecule has 0 unspecified atom stereocenters. The molecule has 0 atom stereocenters. The van der Waals surface area contributed by atoms with E-state index in [9.17, 15) is 0 Å². The van der Waals surface area contributed by atoms with Gasteiger partial charge in [-0.1, -0.05) is 0 Å². The quantitative estimate of drug-likeness (QED) is 0.758. The van der Waals surface area contributed by atoms with Crippen molar-refractivity contribution in [3.8, 4) is 0 Å². The number of imidazole rings is 1. The van der Waals surface area contributed by atoms with E-state index < -0.39 is 0 Å². The lowest BCUT2D eigenvalue weighted by atomic mass is 10.2. The minimum atomic E-state index is 0.753. The summed E-state index contributed by atoms with van der Waals surface area (Å²) in [7, 11) is 0. The molecule has 0 radical (unpaired) electrons. The first-order valence-electron chi connectivity index (χ1n) is 5.82. The van der Waals surface area contributed by atoms with Gasteiger partial charge < -0.3 is 10.3 Å². The number of rotatable bonds is 3. The number of aromatic nitrogens is 3. The van der Waals surface area contributed by atoms with Crippen LogP contribution in [0.5, 0.6) is 0 Å². The van der Waals surface area contributed by atoms with E-state index in [2.05, 4.69) is 31.7 Å². The second-order valence-electron chi connectivity index (χ2n) is 4.27. The monoisotopic (exact) mass is 258 g/mol. The lowest BCUT2D eigenvalue weighted by Gasteiger charge is -2.03. The molecule has 0 aliphatic carbocycles. The fraction of sp³-hybridized carbons (Fsp3) is 0.231. The van der Waals surface area contributed by atoms with Crippen LogP contribution in [0.3, 0.4) is 0 Å². The maximum Gasteiger partial charge on any atom is 0.104 e. The third kappa shape index (κ3) is 2.22. The summed E-state index contributed by atoms with van der Waals surface area (Å²) in [5.41, 5.74) is 4.23. The van der Waals surface area contributed by atoms with E-state index in [1.165, 1.54) is 0 Å². The zero-order valence-electron chi connectivity index (χ0n) is 10.3. The number of nitrogens with zero attached hydrogens (tertiary/aromatic N) is 2. The van der Waals surface area contributed by atoms with Crippen molar-refractivity contribution in [1.82, 2.24) is 15.0 Å². The Morgan fingerprint density at radius 1 is 1.28 bits per heavy atom. The minimum Gasteiger partial charge on any atom is -0.379 e. The van der Waals surface area contributed by atoms with Crippen molar-refractivity contribution < 1.29 is 0 Å². The van der Waals surface area contributed by atoms with E-state index >= 15 is 0 Å². The standard InChI is InChI=1S/C13H14N4S/c1-8-15-12-4-3-10(5-13(12)16-8)14-6-11-7-18-9(2)17-11/h3-5,7,14H,6H2,1-2H3,(H,15,16). The van der Waals surface area contributed by atoms with Gasteiger partial charge in [0.25, 0.3) is 0 Å². The average molecular weight is 258 g/mol. The number of anilines is 1. The highest BCUT2D eigenvalue weighted by Gasteiger charge is 2.02. The number of aromatic amines is 1. The molecule has 0 saturated heterocycles. The number of benzene rings is 1. The number of hydrogen-bond donors (Lipinski definition) is 2. The molecule has 0 amide bonds. The molecule has 5 heteroatoms. The van der Waals surface area contributed by atoms with Gasteiger partial charge in [-0.25, -0.2) is 9.97 Å². The summed E-state index contributed by atoms with van der Waals surface area (Å²) in [6.45, 7) is 4.74. The molecule has 0 aliphatic rings. The molecule has 0 aliphatic heterocycles. The summed E-state index contributed by atoms with van der Waals surface area (Å²) < 4.78 is 0. The Kier molecular flexibility index (Phi) is 2.76. The van der Waals surface area contributed by atoms with Crippen LogP contribution in [0, 0.1) is 13.8 Å². The van der Waals surface area contributed by atoms with Gasteiger partial charge in [0.1, 0.15) is 5.82 Å². The fourth-order valence-corrected chi connectivity index (χ4v) is 2.54. The first-order chi connectivity index (χ1) is 8.70. The molecule has 4 nitrogen and oxygen atoms in total. The Bertz CT molecular complexity index is 683. The number of H-pyrrole nitrogens is 1. The minimum absolute atomic E-state index is 0.753. The Balaban J connectivity index is 1.78. The Hall–Kier alpha value is -1.88. The summed E-state index contributed by atoms with van der Waals surface area (Å²) in [6, 6.07) is 6.14. The van der Waals surface area contributed by atoms with Gasteiger partial charge in [-0.05, 0) is 32.0 Å². The normalized spacial score (nSPS) is 11.0. The predicted molar refractivity (Wildman–Crippen MR) is 75.0 cm³/mol. The highest BCUT2D eigenvalue weighted by atomic mass is 32.1. The van der Waals surface area contributed by atoms with Gasteiger partial charge in [0, 0.05) is 11.1 Å². The molecule has 3 rings (SSSR count). The van der Waals surface area contributed by atoms with Crippen LogP contribution in [0.4, 0.5) is 5.69 Å². The van der Waals surface area contributed by atoms with Gasteiger partial charge in [0.15, 0.2) is 0 Å². The number of aryl methyl sites for hydroxylation is 2. The number of hydrogen-bond acceptors (Lipinski definition) is 4. The summed E-state index contributed by atoms with van der Waals surface area (Å²) in [6.07, 6.45) is 0. The second kappa shape index (κ2) is 4.42. The SMILES string of the molecule is Cc1nc2ccc(NCc3csc(C)n3)cc2[nH]1. The number of fused-ring (bicyclic) bond motifs is 1. The number of thiazole rings is 1. The largest absolute Gasteiger partial charge is 0.379 e. The van der Waals surface area contributed by atoms with E-state index in [-0.39, 0.29) is 0 Å². The molecule has 18 heavy (non-hydrogen) atoms. The van der Waals surface area contributed by atoms with Crippen molar-refractivity contribution in [3.63, 3.8) is 0 Å². The summed E-state index contributed by atoms with van der Waals surface area (Å²) in [5, 5.41) is 6.56. The van der Waals surface area contributed by atoms with E-state index in [1.807, 2.05) is 26.0 Å². The average Bonchev–Trinajstić information content (AvgIpc) is 2.90. The molecule has 0 bridgehead atoms. The van der Waals surface area contributed by atoms with Crippen molar-refractivity contribution in [3.05, 3.63) is 40.1 Å². The highest BCUT2D eigenvalue weighted by Crippen LogP contribution is 2.18. The molecular weight excluding hydrogens is 244 g/mol. The first-order valence-corrected chi connectivity index (χ1v) is 6.70. The maximum atomic E-state index is 4.43. The van der Waals surface area contributed by atoms with Crippen LogP contribution in [-0.4, -0.2) is 15.0 Å². The molecule has 1 aromatic carbocycles. The van der Waals surface area contributed by atoms with E-state index in [4.69, 9.17) is 0 Å². The molecule has 0 fully saturated rings. The lowest BCUT2D eigenvalue weighted by molar-refractivity contribution is 1.06. The zero-order chi connectivity index (χ0) is 12.5. The number of nitrogens with one attached hydrogen (secondary N) is 2. The van der Waals surface area contributed by atoms with Crippen LogP contribution in [0.2, 0.25) is 0 Å². The summed E-state index contributed by atoms with van der Waals surface area (Å²) >= 11 is 1.68. The van der Waals surface area contributed by atoms with Gasteiger partial charge in [0.05, 0.1) is 28.3 Å². The highest BCUT2D eigenvalue weighted by molar-refractivity contribution is 7.09. The first kappa shape index (κ1) is 11.2. The summed E-state index contributed by atoms with van der Waals surface area (Å²) in [5.74, 6) is 0.942. The molecule has 2 heterocycles. The van der Waals surface area contributed by atoms with Crippen LogP contribution in [0.15, 0.2) is 23.6 Å². The van der Waals surface area contributed by atoms with Gasteiger partial charge in [0.2, 0.25) is 0 Å². The third-order valence-corrected chi connectivity index (χ3v) is 3.56. The maximum absolute atomic E-state index is 4.43. The van der Waals surface area contributed by atoms with Crippen molar-refractivity contribution in [2.45, 2.75) is 20.4 Å². The van der Waals surface area contributed by atoms with Gasteiger partial charge in [-0.3, -0.25) is 0 Å². The fourth-order valence-electron chi connectivity index (χ4n) is 1.93. The molecule has 0 saturated carbocycles. The smallest absolute Gasteiger partial charge is 0.104 e. The third-order valence-electron chi connectivity index (χ3n) is 2.74. The van der Waals surface area contributed by atoms with Crippen molar-refractivity contribution >= 4 is 28.1 Å². The van der Waals surface area contributed by atoms with Crippen molar-refractivity contribution in [2.75, 3.05) is 5.32 Å². The summed E-state index contributed by atoms with van der Waals surface area (Å²) in [4.78, 5) is 12.0. The molecule has 92 valence electrons. The molecule has 3 aromatic rings. The van der Waals surface area contributed by atoms with Crippen LogP contribution >= 0.6 is 11.3 Å². The Morgan fingerprint density at radius 3 is 2.94 bits per heavy atom. The van der Waals surface area contributed by atoms with E-state index in [1.54, 1.807) is 11.3 Å². The van der Waals surface area contributed by atoms with Crippen LogP contribution < -0.4 is 5.32 Å². The Labute approximate surface area is 109 Å². The molecule has 2 aromatic heterocycles. The second-order valence-corrected chi connectivity index (χ2v) is 5.33. The molecule has 0 spiro atoms. The van der Waals surface area contributed by atoms with Gasteiger partial charge in [-0.2, -0.15) is 0 Å². The molecule has 2 N–H and O–H groups in total. The Morgan fingerprint density at radius 2 is 2.17 bits per heavy atom. The van der Waals surface area contributed by atoms with Crippen molar-refractivity contribution in [1.29, 1.82) is 0 Å². The molecular formula is C13H14N4S. The lowest BCUT2D eigenvalue weighted by Crippen LogP contribution is -1.99. The van der Waals surface area contributed by atoms with E-state index in [0.29, 0.717) is 0 Å². The van der Waals surface area contributed by atoms with Crippen LogP contribution in [0.1, 0.15) is 16.5 Å². The van der Waals surface area contributed by atoms with Crippen LogP contribution in [0.25, 0.3) is 11.0 Å². The predicted octanol–water partition coefficient (Wildman–Crippen LogP) is 3.25. The van der Waals surface area contributed by atoms with Crippen LogP contribution in [-0.2, 0) is 6.54 Å².